The van der Waals surface area contributed by atoms with E-state index in [2.05, 4.69) is 28.2 Å². The number of aryl methyl sites for hydroxylation is 1. The molecule has 3 rings (SSSR count). The van der Waals surface area contributed by atoms with Crippen molar-refractivity contribution in [3.05, 3.63) is 59.5 Å². The highest BCUT2D eigenvalue weighted by molar-refractivity contribution is 5.97. The van der Waals surface area contributed by atoms with Gasteiger partial charge < -0.3 is 10.4 Å². The van der Waals surface area contributed by atoms with Gasteiger partial charge in [-0.15, -0.1) is 0 Å². The molecule has 0 bridgehead atoms. The summed E-state index contributed by atoms with van der Waals surface area (Å²) < 4.78 is 44.7. The average molecular weight is 455 g/mol. The molecule has 0 atom stereocenters. The van der Waals surface area contributed by atoms with Crippen LogP contribution in [-0.2, 0) is 4.79 Å². The zero-order valence-corrected chi connectivity index (χ0v) is 17.5. The van der Waals surface area contributed by atoms with Gasteiger partial charge in [0.1, 0.15) is 11.6 Å². The summed E-state index contributed by atoms with van der Waals surface area (Å²) in [6.07, 6.45) is -1.13. The largest absolute Gasteiger partial charge is 0.490 e. The highest BCUT2D eigenvalue weighted by atomic mass is 19.4. The molecule has 2 aromatic rings. The highest BCUT2D eigenvalue weighted by Gasteiger charge is 2.38. The summed E-state index contributed by atoms with van der Waals surface area (Å²) in [5.74, 6) is -1.49. The van der Waals surface area contributed by atoms with E-state index in [1.54, 1.807) is 12.1 Å². The molecule has 0 saturated carbocycles. The van der Waals surface area contributed by atoms with Crippen molar-refractivity contribution in [1.82, 2.24) is 9.88 Å². The maximum absolute atomic E-state index is 12.9. The van der Waals surface area contributed by atoms with E-state index in [-0.39, 0.29) is 11.6 Å². The van der Waals surface area contributed by atoms with Crippen LogP contribution in [-0.4, -0.2) is 59.1 Å². The molecule has 10 heteroatoms. The lowest BCUT2D eigenvalue weighted by molar-refractivity contribution is -0.192. The van der Waals surface area contributed by atoms with Gasteiger partial charge >= 0.3 is 12.1 Å². The molecule has 2 heterocycles. The Morgan fingerprint density at radius 2 is 1.75 bits per heavy atom. The van der Waals surface area contributed by atoms with E-state index in [1.165, 1.54) is 17.7 Å². The number of carbonyl (C=O) groups is 2. The van der Waals surface area contributed by atoms with Gasteiger partial charge in [-0.2, -0.15) is 13.2 Å². The molecule has 0 radical (unpaired) electrons. The fourth-order valence-corrected chi connectivity index (χ4v) is 3.16. The van der Waals surface area contributed by atoms with Gasteiger partial charge in [0.15, 0.2) is 5.78 Å². The number of carboxylic acid groups (broad SMARTS) is 1. The number of anilines is 1. The van der Waals surface area contributed by atoms with Crippen molar-refractivity contribution in [2.24, 2.45) is 5.92 Å². The van der Waals surface area contributed by atoms with Crippen LogP contribution in [0.25, 0.3) is 0 Å². The Labute approximate surface area is 183 Å². The summed E-state index contributed by atoms with van der Waals surface area (Å²) in [6.45, 7) is 5.21. The van der Waals surface area contributed by atoms with Crippen LogP contribution in [0.4, 0.5) is 23.4 Å². The van der Waals surface area contributed by atoms with Crippen molar-refractivity contribution < 1.29 is 32.3 Å². The van der Waals surface area contributed by atoms with E-state index in [0.717, 1.165) is 38.3 Å². The number of nitrogens with zero attached hydrogens (tertiary/aromatic N) is 2. The molecule has 1 aliphatic heterocycles. The van der Waals surface area contributed by atoms with Gasteiger partial charge in [0.2, 0.25) is 0 Å². The Morgan fingerprint density at radius 1 is 1.16 bits per heavy atom. The lowest BCUT2D eigenvalue weighted by atomic mass is 9.96. The van der Waals surface area contributed by atoms with Crippen molar-refractivity contribution in [2.45, 2.75) is 25.9 Å². The second kappa shape index (κ2) is 11.6. The molecule has 0 spiro atoms. The topological polar surface area (TPSA) is 82.5 Å². The third-order valence-electron chi connectivity index (χ3n) is 4.97. The number of ketones is 1. The molecule has 0 aliphatic carbocycles. The van der Waals surface area contributed by atoms with Crippen LogP contribution >= 0.6 is 0 Å². The van der Waals surface area contributed by atoms with E-state index >= 15 is 0 Å². The SMILES string of the molecule is Cc1ccnc(NCC2CCN(CC(=O)c3ccc(F)cc3)CC2)c1.O=C(O)C(F)(F)F. The van der Waals surface area contributed by atoms with Gasteiger partial charge in [0.05, 0.1) is 6.54 Å². The molecule has 6 nitrogen and oxygen atoms in total. The summed E-state index contributed by atoms with van der Waals surface area (Å²) in [7, 11) is 0. The molecule has 0 amide bonds. The van der Waals surface area contributed by atoms with Gasteiger partial charge in [-0.3, -0.25) is 9.69 Å². The Balaban J connectivity index is 0.000000451. The van der Waals surface area contributed by atoms with Crippen LogP contribution in [0.15, 0.2) is 42.6 Å². The predicted molar refractivity (Wildman–Crippen MR) is 111 cm³/mol. The molecule has 32 heavy (non-hydrogen) atoms. The third kappa shape index (κ3) is 8.62. The maximum atomic E-state index is 12.9. The van der Waals surface area contributed by atoms with E-state index in [1.807, 2.05) is 12.3 Å². The molecular weight excluding hydrogens is 430 g/mol. The summed E-state index contributed by atoms with van der Waals surface area (Å²) in [4.78, 5) is 27.7. The number of aliphatic carboxylic acids is 1. The fraction of sp³-hybridized carbons (Fsp3) is 0.409. The number of nitrogens with one attached hydrogen (secondary N) is 1. The van der Waals surface area contributed by atoms with Crippen molar-refractivity contribution in [3.63, 3.8) is 0 Å². The summed E-state index contributed by atoms with van der Waals surface area (Å²) in [6, 6.07) is 9.83. The Hall–Kier alpha value is -3.01. The minimum atomic E-state index is -5.08. The summed E-state index contributed by atoms with van der Waals surface area (Å²) in [5.41, 5.74) is 1.78. The van der Waals surface area contributed by atoms with Crippen molar-refractivity contribution in [2.75, 3.05) is 31.5 Å². The summed E-state index contributed by atoms with van der Waals surface area (Å²) in [5, 5.41) is 10.5. The number of hydrogen-bond acceptors (Lipinski definition) is 5. The van der Waals surface area contributed by atoms with Gasteiger partial charge in [-0.25, -0.2) is 14.2 Å². The van der Waals surface area contributed by atoms with Gasteiger partial charge in [0.25, 0.3) is 0 Å². The molecular formula is C22H25F4N3O3. The Kier molecular flexibility index (Phi) is 9.13. The van der Waals surface area contributed by atoms with Crippen LogP contribution < -0.4 is 5.32 Å². The van der Waals surface area contributed by atoms with Crippen molar-refractivity contribution in [1.29, 1.82) is 0 Å². The number of pyridine rings is 1. The molecule has 1 aromatic carbocycles. The van der Waals surface area contributed by atoms with E-state index in [0.29, 0.717) is 18.0 Å². The quantitative estimate of drug-likeness (QED) is 0.503. The normalized spacial score (nSPS) is 14.9. The van der Waals surface area contributed by atoms with Crippen LogP contribution in [0.5, 0.6) is 0 Å². The number of carboxylic acids is 1. The first-order valence-corrected chi connectivity index (χ1v) is 10.0. The highest BCUT2D eigenvalue weighted by Crippen LogP contribution is 2.19. The molecule has 0 unspecified atom stereocenters. The third-order valence-corrected chi connectivity index (χ3v) is 4.97. The molecule has 174 valence electrons. The Bertz CT molecular complexity index is 896. The smallest absolute Gasteiger partial charge is 0.475 e. The fourth-order valence-electron chi connectivity index (χ4n) is 3.16. The number of likely N-dealkylation sites (tertiary alicyclic amines) is 1. The zero-order valence-electron chi connectivity index (χ0n) is 17.5. The number of carbonyl (C=O) groups excluding carboxylic acids is 1. The second-order valence-electron chi connectivity index (χ2n) is 7.55. The number of benzene rings is 1. The number of rotatable bonds is 6. The number of halogens is 4. The molecule has 1 aromatic heterocycles. The second-order valence-corrected chi connectivity index (χ2v) is 7.55. The van der Waals surface area contributed by atoms with Crippen molar-refractivity contribution >= 4 is 17.6 Å². The van der Waals surface area contributed by atoms with Crippen LogP contribution in [0.2, 0.25) is 0 Å². The number of hydrogen-bond donors (Lipinski definition) is 2. The van der Waals surface area contributed by atoms with Crippen LogP contribution in [0, 0.1) is 18.7 Å². The van der Waals surface area contributed by atoms with Crippen LogP contribution in [0.3, 0.4) is 0 Å². The summed E-state index contributed by atoms with van der Waals surface area (Å²) >= 11 is 0. The number of alkyl halides is 3. The van der Waals surface area contributed by atoms with Crippen molar-refractivity contribution in [3.8, 4) is 0 Å². The van der Waals surface area contributed by atoms with Crippen LogP contribution in [0.1, 0.15) is 28.8 Å². The number of Topliss-reactive ketones (excluding diaryl/α,β-unsaturated/α-hetero) is 1. The molecule has 1 saturated heterocycles. The number of aromatic nitrogens is 1. The monoisotopic (exact) mass is 455 g/mol. The minimum absolute atomic E-state index is 0.0561. The molecule has 2 N–H and O–H groups in total. The average Bonchev–Trinajstić information content (AvgIpc) is 2.73. The number of piperidine rings is 1. The first-order valence-electron chi connectivity index (χ1n) is 10.0. The molecule has 1 fully saturated rings. The zero-order chi connectivity index (χ0) is 23.7. The Morgan fingerprint density at radius 3 is 2.28 bits per heavy atom. The van der Waals surface area contributed by atoms with E-state index in [4.69, 9.17) is 9.90 Å². The molecule has 1 aliphatic rings. The lowest BCUT2D eigenvalue weighted by Crippen LogP contribution is -2.38. The first kappa shape index (κ1) is 25.3. The standard InChI is InChI=1S/C20H24FN3O.C2HF3O2/c1-15-6-9-22-20(12-15)23-13-16-7-10-24(11-8-16)14-19(25)17-2-4-18(21)5-3-17;3-2(4,5)1(6)7/h2-6,9,12,16H,7-8,10-11,13-14H2,1H3,(H,22,23);(H,6,7). The van der Waals surface area contributed by atoms with Gasteiger partial charge in [-0.1, -0.05) is 0 Å². The van der Waals surface area contributed by atoms with Gasteiger partial charge in [0, 0.05) is 18.3 Å². The lowest BCUT2D eigenvalue weighted by Gasteiger charge is -2.31. The maximum Gasteiger partial charge on any atom is 0.490 e. The van der Waals surface area contributed by atoms with E-state index < -0.39 is 12.1 Å². The van der Waals surface area contributed by atoms with Gasteiger partial charge in [-0.05, 0) is 80.7 Å². The van der Waals surface area contributed by atoms with E-state index in [9.17, 15) is 22.4 Å². The predicted octanol–water partition coefficient (Wildman–Crippen LogP) is 4.17. The first-order chi connectivity index (χ1) is 15.0. The minimum Gasteiger partial charge on any atom is -0.475 e.